The monoisotopic (exact) mass is 211 g/mol. The van der Waals surface area contributed by atoms with Crippen molar-refractivity contribution in [2.75, 3.05) is 18.6 Å². The first-order chi connectivity index (χ1) is 5.71. The molecule has 0 aliphatic heterocycles. The minimum atomic E-state index is -3.10. The topological polar surface area (TPSA) is 60.2 Å². The molecular formula is C8H18FNO2S. The summed E-state index contributed by atoms with van der Waals surface area (Å²) in [6.45, 7) is 3.28. The van der Waals surface area contributed by atoms with Crippen LogP contribution < -0.4 is 5.73 Å². The third-order valence-corrected chi connectivity index (χ3v) is 3.21. The molecule has 1 unspecified atom stereocenters. The van der Waals surface area contributed by atoms with E-state index in [1.165, 1.54) is 0 Å². The quantitative estimate of drug-likeness (QED) is 0.729. The second-order valence-electron chi connectivity index (χ2n) is 3.77. The van der Waals surface area contributed by atoms with Crippen molar-refractivity contribution in [3.05, 3.63) is 0 Å². The van der Waals surface area contributed by atoms with Crippen LogP contribution in [0.5, 0.6) is 0 Å². The van der Waals surface area contributed by atoms with Gasteiger partial charge in [-0.25, -0.2) is 12.8 Å². The molecule has 0 aromatic carbocycles. The maximum absolute atomic E-state index is 13.8. The van der Waals surface area contributed by atoms with Crippen molar-refractivity contribution in [2.45, 2.75) is 25.9 Å². The number of hydrogen-bond acceptors (Lipinski definition) is 3. The SMILES string of the molecule is CC(C)C(F)(CN)CCS(C)(=O)=O. The van der Waals surface area contributed by atoms with Gasteiger partial charge in [-0.3, -0.25) is 0 Å². The Balaban J connectivity index is 4.30. The molecule has 13 heavy (non-hydrogen) atoms. The molecule has 0 aliphatic rings. The fraction of sp³-hybridized carbons (Fsp3) is 1.00. The summed E-state index contributed by atoms with van der Waals surface area (Å²) < 4.78 is 35.4. The highest BCUT2D eigenvalue weighted by Gasteiger charge is 2.32. The highest BCUT2D eigenvalue weighted by atomic mass is 32.2. The van der Waals surface area contributed by atoms with Gasteiger partial charge >= 0.3 is 0 Å². The first-order valence-electron chi connectivity index (χ1n) is 4.28. The number of rotatable bonds is 5. The molecule has 1 atom stereocenters. The van der Waals surface area contributed by atoms with Gasteiger partial charge in [-0.05, 0) is 12.3 Å². The maximum Gasteiger partial charge on any atom is 0.147 e. The Kier molecular flexibility index (Phi) is 4.32. The predicted octanol–water partition coefficient (Wildman–Crippen LogP) is 0.744. The molecule has 0 radical (unpaired) electrons. The lowest BCUT2D eigenvalue weighted by molar-refractivity contribution is 0.106. The molecule has 5 heteroatoms. The highest BCUT2D eigenvalue weighted by molar-refractivity contribution is 7.90. The zero-order chi connectivity index (χ0) is 10.7. The van der Waals surface area contributed by atoms with Gasteiger partial charge in [0.1, 0.15) is 15.5 Å². The molecule has 2 N–H and O–H groups in total. The fourth-order valence-electron chi connectivity index (χ4n) is 0.982. The maximum atomic E-state index is 13.8. The summed E-state index contributed by atoms with van der Waals surface area (Å²) in [5, 5.41) is 0. The van der Waals surface area contributed by atoms with Gasteiger partial charge in [-0.1, -0.05) is 13.8 Å². The van der Waals surface area contributed by atoms with Gasteiger partial charge < -0.3 is 5.73 Å². The van der Waals surface area contributed by atoms with E-state index in [1.807, 2.05) is 0 Å². The average molecular weight is 211 g/mol. The lowest BCUT2D eigenvalue weighted by atomic mass is 9.90. The van der Waals surface area contributed by atoms with E-state index < -0.39 is 15.5 Å². The summed E-state index contributed by atoms with van der Waals surface area (Å²) in [6, 6.07) is 0. The van der Waals surface area contributed by atoms with Crippen molar-refractivity contribution in [1.29, 1.82) is 0 Å². The van der Waals surface area contributed by atoms with E-state index in [0.29, 0.717) is 0 Å². The molecule has 80 valence electrons. The lowest BCUT2D eigenvalue weighted by Gasteiger charge is -2.27. The Hall–Kier alpha value is -0.160. The summed E-state index contributed by atoms with van der Waals surface area (Å²) >= 11 is 0. The van der Waals surface area contributed by atoms with Crippen molar-refractivity contribution in [2.24, 2.45) is 11.7 Å². The summed E-state index contributed by atoms with van der Waals surface area (Å²) in [4.78, 5) is 0. The van der Waals surface area contributed by atoms with Crippen molar-refractivity contribution in [3.63, 3.8) is 0 Å². The number of halogens is 1. The molecule has 0 fully saturated rings. The molecular weight excluding hydrogens is 193 g/mol. The molecule has 3 nitrogen and oxygen atoms in total. The number of sulfone groups is 1. The minimum absolute atomic E-state index is 0.0139. The van der Waals surface area contributed by atoms with Gasteiger partial charge in [0.2, 0.25) is 0 Å². The van der Waals surface area contributed by atoms with Gasteiger partial charge in [0, 0.05) is 12.8 Å². The normalized spacial score (nSPS) is 17.4. The van der Waals surface area contributed by atoms with Crippen LogP contribution in [0.4, 0.5) is 4.39 Å². The lowest BCUT2D eigenvalue weighted by Crippen LogP contribution is -2.40. The number of hydrogen-bond donors (Lipinski definition) is 1. The third kappa shape index (κ3) is 4.57. The van der Waals surface area contributed by atoms with E-state index >= 15 is 0 Å². The van der Waals surface area contributed by atoms with E-state index in [2.05, 4.69) is 0 Å². The Morgan fingerprint density at radius 1 is 1.46 bits per heavy atom. The number of alkyl halides is 1. The van der Waals surface area contributed by atoms with Crippen molar-refractivity contribution in [3.8, 4) is 0 Å². The average Bonchev–Trinajstić information content (AvgIpc) is 1.98. The van der Waals surface area contributed by atoms with Crippen LogP contribution in [0, 0.1) is 5.92 Å². The van der Waals surface area contributed by atoms with Crippen LogP contribution in [-0.4, -0.2) is 32.6 Å². The van der Waals surface area contributed by atoms with Gasteiger partial charge in [0.05, 0.1) is 5.75 Å². The minimum Gasteiger partial charge on any atom is -0.328 e. The molecule has 0 spiro atoms. The third-order valence-electron chi connectivity index (χ3n) is 2.26. The highest BCUT2D eigenvalue weighted by Crippen LogP contribution is 2.25. The molecule has 0 amide bonds. The molecule has 0 saturated carbocycles. The largest absolute Gasteiger partial charge is 0.328 e. The predicted molar refractivity (Wildman–Crippen MR) is 52.1 cm³/mol. The van der Waals surface area contributed by atoms with Crippen LogP contribution in [0.2, 0.25) is 0 Å². The van der Waals surface area contributed by atoms with Gasteiger partial charge in [-0.15, -0.1) is 0 Å². The first kappa shape index (κ1) is 12.8. The van der Waals surface area contributed by atoms with Crippen molar-refractivity contribution in [1.82, 2.24) is 0 Å². The fourth-order valence-corrected chi connectivity index (χ4v) is 1.69. The number of nitrogens with two attached hydrogens (primary N) is 1. The smallest absolute Gasteiger partial charge is 0.147 e. The molecule has 0 saturated heterocycles. The van der Waals surface area contributed by atoms with Crippen molar-refractivity contribution < 1.29 is 12.8 Å². The van der Waals surface area contributed by atoms with Crippen LogP contribution in [0.15, 0.2) is 0 Å². The van der Waals surface area contributed by atoms with Gasteiger partial charge in [0.25, 0.3) is 0 Å². The molecule has 0 aliphatic carbocycles. The molecule has 0 rings (SSSR count). The van der Waals surface area contributed by atoms with Crippen LogP contribution >= 0.6 is 0 Å². The standard InChI is InChI=1S/C8H18FNO2S/c1-7(2)8(9,6-10)4-5-13(3,11)12/h7H,4-6,10H2,1-3H3. The second kappa shape index (κ2) is 4.37. The van der Waals surface area contributed by atoms with Crippen LogP contribution in [0.1, 0.15) is 20.3 Å². The van der Waals surface area contributed by atoms with E-state index in [1.54, 1.807) is 13.8 Å². The summed E-state index contributed by atoms with van der Waals surface area (Å²) in [5.74, 6) is -0.391. The van der Waals surface area contributed by atoms with Crippen LogP contribution in [-0.2, 0) is 9.84 Å². The Labute approximate surface area is 79.4 Å². The zero-order valence-corrected chi connectivity index (χ0v) is 9.20. The molecule has 0 aromatic heterocycles. The molecule has 0 aromatic rings. The van der Waals surface area contributed by atoms with E-state index in [-0.39, 0.29) is 24.6 Å². The van der Waals surface area contributed by atoms with Gasteiger partial charge in [-0.2, -0.15) is 0 Å². The second-order valence-corrected chi connectivity index (χ2v) is 6.03. The van der Waals surface area contributed by atoms with E-state index in [0.717, 1.165) is 6.26 Å². The van der Waals surface area contributed by atoms with Crippen LogP contribution in [0.3, 0.4) is 0 Å². The summed E-state index contributed by atoms with van der Waals surface area (Å²) in [6.07, 6.45) is 1.09. The van der Waals surface area contributed by atoms with Crippen LogP contribution in [0.25, 0.3) is 0 Å². The summed E-state index contributed by atoms with van der Waals surface area (Å²) in [7, 11) is -3.10. The van der Waals surface area contributed by atoms with E-state index in [9.17, 15) is 12.8 Å². The molecule has 0 heterocycles. The summed E-state index contributed by atoms with van der Waals surface area (Å²) in [5.41, 5.74) is 3.71. The molecule has 0 bridgehead atoms. The zero-order valence-electron chi connectivity index (χ0n) is 8.38. The Morgan fingerprint density at radius 2 is 1.92 bits per heavy atom. The Bertz CT molecular complexity index is 251. The van der Waals surface area contributed by atoms with Gasteiger partial charge in [0.15, 0.2) is 0 Å². The Morgan fingerprint density at radius 3 is 2.15 bits per heavy atom. The first-order valence-corrected chi connectivity index (χ1v) is 6.34. The van der Waals surface area contributed by atoms with E-state index in [4.69, 9.17) is 5.73 Å². The van der Waals surface area contributed by atoms with Crippen molar-refractivity contribution >= 4 is 9.84 Å².